The normalized spacial score (nSPS) is 14.9. The maximum absolute atomic E-state index is 13.8. The second-order valence-corrected chi connectivity index (χ2v) is 9.30. The lowest BCUT2D eigenvalue weighted by Gasteiger charge is -2.26. The van der Waals surface area contributed by atoms with E-state index in [1.807, 2.05) is 26.0 Å². The molecule has 1 aliphatic rings. The zero-order valence-corrected chi connectivity index (χ0v) is 21.4. The molecule has 0 aliphatic carbocycles. The number of hydrogen-bond acceptors (Lipinski definition) is 5. The molecule has 8 heteroatoms. The average Bonchev–Trinajstić information content (AvgIpc) is 3.13. The third-order valence-corrected chi connectivity index (χ3v) is 6.53. The first-order valence-corrected chi connectivity index (χ1v) is 12.3. The van der Waals surface area contributed by atoms with Gasteiger partial charge in [-0.1, -0.05) is 39.7 Å². The van der Waals surface area contributed by atoms with Crippen LogP contribution in [0.4, 0.5) is 5.69 Å². The van der Waals surface area contributed by atoms with Gasteiger partial charge in [-0.3, -0.25) is 14.5 Å². The predicted octanol–water partition coefficient (Wildman–Crippen LogP) is 6.76. The first-order chi connectivity index (χ1) is 16.9. The van der Waals surface area contributed by atoms with E-state index in [-0.39, 0.29) is 16.8 Å². The number of ether oxygens (including phenoxy) is 2. The van der Waals surface area contributed by atoms with Crippen LogP contribution in [0, 0.1) is 0 Å². The summed E-state index contributed by atoms with van der Waals surface area (Å²) in [6.07, 6.45) is 0. The molecule has 0 spiro atoms. The van der Waals surface area contributed by atoms with Gasteiger partial charge in [0.05, 0.1) is 30.2 Å². The molecule has 1 atom stereocenters. The lowest BCUT2D eigenvalue weighted by atomic mass is 9.97. The fourth-order valence-electron chi connectivity index (χ4n) is 4.39. The molecule has 0 fully saturated rings. The fraction of sp³-hybridized carbons (Fsp3) is 0.185. The summed E-state index contributed by atoms with van der Waals surface area (Å²) in [6.45, 7) is 4.68. The second kappa shape index (κ2) is 9.40. The van der Waals surface area contributed by atoms with Crippen molar-refractivity contribution in [1.82, 2.24) is 0 Å². The Morgan fingerprint density at radius 2 is 1.74 bits per heavy atom. The van der Waals surface area contributed by atoms with Crippen molar-refractivity contribution >= 4 is 50.1 Å². The number of rotatable bonds is 6. The summed E-state index contributed by atoms with van der Waals surface area (Å²) in [6, 6.07) is 16.8. The van der Waals surface area contributed by atoms with Crippen LogP contribution in [0.1, 0.15) is 41.6 Å². The van der Waals surface area contributed by atoms with E-state index in [9.17, 15) is 9.59 Å². The van der Waals surface area contributed by atoms with E-state index in [1.165, 1.54) is 0 Å². The van der Waals surface area contributed by atoms with Crippen molar-refractivity contribution in [2.75, 3.05) is 18.1 Å². The molecular formula is C27H21BrClNO5. The van der Waals surface area contributed by atoms with Crippen molar-refractivity contribution in [3.05, 3.63) is 97.3 Å². The van der Waals surface area contributed by atoms with E-state index in [2.05, 4.69) is 15.9 Å². The van der Waals surface area contributed by atoms with Crippen LogP contribution in [-0.4, -0.2) is 19.1 Å². The van der Waals surface area contributed by atoms with Crippen LogP contribution in [0.2, 0.25) is 5.02 Å². The van der Waals surface area contributed by atoms with E-state index in [4.69, 9.17) is 25.5 Å². The first kappa shape index (κ1) is 23.5. The molecule has 178 valence electrons. The number of fused-ring (bicyclic) bond motifs is 2. The maximum Gasteiger partial charge on any atom is 0.295 e. The van der Waals surface area contributed by atoms with Crippen molar-refractivity contribution in [3.63, 3.8) is 0 Å². The van der Waals surface area contributed by atoms with Crippen LogP contribution < -0.4 is 19.8 Å². The minimum atomic E-state index is -0.745. The number of benzene rings is 3. The van der Waals surface area contributed by atoms with E-state index < -0.39 is 11.9 Å². The second-order valence-electron chi connectivity index (χ2n) is 7.94. The highest BCUT2D eigenvalue weighted by atomic mass is 79.9. The molecule has 0 bridgehead atoms. The largest absolute Gasteiger partial charge is 0.490 e. The van der Waals surface area contributed by atoms with Gasteiger partial charge >= 0.3 is 0 Å². The molecule has 1 aromatic heterocycles. The van der Waals surface area contributed by atoms with E-state index >= 15 is 0 Å². The summed E-state index contributed by atoms with van der Waals surface area (Å²) in [5.74, 6) is 0.723. The Morgan fingerprint density at radius 3 is 2.49 bits per heavy atom. The molecule has 1 unspecified atom stereocenters. The molecule has 3 aromatic carbocycles. The van der Waals surface area contributed by atoms with E-state index in [1.54, 1.807) is 53.4 Å². The summed E-state index contributed by atoms with van der Waals surface area (Å²) >= 11 is 9.69. The summed E-state index contributed by atoms with van der Waals surface area (Å²) in [5.41, 5.74) is 1.59. The Bertz CT molecular complexity index is 1520. The zero-order chi connectivity index (χ0) is 24.7. The Kier molecular flexibility index (Phi) is 6.30. The third kappa shape index (κ3) is 4.09. The van der Waals surface area contributed by atoms with Crippen LogP contribution in [0.5, 0.6) is 11.5 Å². The van der Waals surface area contributed by atoms with Gasteiger partial charge in [-0.05, 0) is 67.9 Å². The molecule has 0 saturated heterocycles. The van der Waals surface area contributed by atoms with Crippen molar-refractivity contribution in [2.24, 2.45) is 0 Å². The molecule has 2 heterocycles. The van der Waals surface area contributed by atoms with Gasteiger partial charge in [0.2, 0.25) is 5.76 Å². The smallest absolute Gasteiger partial charge is 0.295 e. The number of hydrogen-bond donors (Lipinski definition) is 0. The number of carbonyl (C=O) groups is 1. The van der Waals surface area contributed by atoms with Crippen molar-refractivity contribution in [2.45, 2.75) is 19.9 Å². The minimum absolute atomic E-state index is 0.0154. The van der Waals surface area contributed by atoms with Gasteiger partial charge in [-0.15, -0.1) is 0 Å². The third-order valence-electron chi connectivity index (χ3n) is 5.80. The molecule has 4 aromatic rings. The average molecular weight is 555 g/mol. The highest BCUT2D eigenvalue weighted by Gasteiger charge is 2.44. The first-order valence-electron chi connectivity index (χ1n) is 11.2. The SMILES string of the molecule is CCOc1ccc(C2c3c(oc4ccc(Br)cc4c3=O)C(=O)N2c2cccc(Cl)c2)cc1OCC. The molecule has 1 amide bonds. The molecular weight excluding hydrogens is 534 g/mol. The monoisotopic (exact) mass is 553 g/mol. The maximum atomic E-state index is 13.8. The number of halogens is 2. The van der Waals surface area contributed by atoms with Crippen LogP contribution in [0.3, 0.4) is 0 Å². The molecule has 35 heavy (non-hydrogen) atoms. The molecule has 6 nitrogen and oxygen atoms in total. The van der Waals surface area contributed by atoms with Crippen molar-refractivity contribution < 1.29 is 18.7 Å². The van der Waals surface area contributed by atoms with Gasteiger partial charge in [-0.25, -0.2) is 0 Å². The quantitative estimate of drug-likeness (QED) is 0.263. The summed E-state index contributed by atoms with van der Waals surface area (Å²) in [5, 5.41) is 0.861. The number of nitrogens with zero attached hydrogens (tertiary/aromatic N) is 1. The molecule has 0 saturated carbocycles. The molecule has 0 radical (unpaired) electrons. The highest BCUT2D eigenvalue weighted by molar-refractivity contribution is 9.10. The fourth-order valence-corrected chi connectivity index (χ4v) is 4.94. The Balaban J connectivity index is 1.79. The van der Waals surface area contributed by atoms with Gasteiger partial charge in [0, 0.05) is 15.2 Å². The van der Waals surface area contributed by atoms with Crippen LogP contribution in [0.15, 0.2) is 74.3 Å². The standard InChI is InChI=1S/C27H21BrClNO5/c1-3-33-21-10-8-15(12-22(21)34-4-2)24-23-25(31)19-13-16(28)9-11-20(19)35-26(23)27(32)30(24)18-7-5-6-17(29)14-18/h5-14,24H,3-4H2,1-2H3. The molecule has 5 rings (SSSR count). The number of amides is 1. The Labute approximate surface area is 215 Å². The topological polar surface area (TPSA) is 69.0 Å². The van der Waals surface area contributed by atoms with Gasteiger partial charge < -0.3 is 13.9 Å². The number of anilines is 1. The molecule has 1 aliphatic heterocycles. The van der Waals surface area contributed by atoms with Gasteiger partial charge in [-0.2, -0.15) is 0 Å². The van der Waals surface area contributed by atoms with Gasteiger partial charge in [0.25, 0.3) is 5.91 Å². The summed E-state index contributed by atoms with van der Waals surface area (Å²) in [4.78, 5) is 29.0. The lowest BCUT2D eigenvalue weighted by Crippen LogP contribution is -2.29. The highest BCUT2D eigenvalue weighted by Crippen LogP contribution is 2.43. The Morgan fingerprint density at radius 1 is 0.971 bits per heavy atom. The summed E-state index contributed by atoms with van der Waals surface area (Å²) in [7, 11) is 0. The van der Waals surface area contributed by atoms with Crippen LogP contribution >= 0.6 is 27.5 Å². The zero-order valence-electron chi connectivity index (χ0n) is 19.0. The van der Waals surface area contributed by atoms with Crippen molar-refractivity contribution in [1.29, 1.82) is 0 Å². The van der Waals surface area contributed by atoms with Crippen molar-refractivity contribution in [3.8, 4) is 11.5 Å². The number of carbonyl (C=O) groups excluding carboxylic acids is 1. The van der Waals surface area contributed by atoms with E-state index in [0.29, 0.717) is 52.0 Å². The van der Waals surface area contributed by atoms with Crippen LogP contribution in [0.25, 0.3) is 11.0 Å². The van der Waals surface area contributed by atoms with Crippen LogP contribution in [-0.2, 0) is 0 Å². The lowest BCUT2D eigenvalue weighted by molar-refractivity contribution is 0.0971. The Hall–Kier alpha value is -3.29. The minimum Gasteiger partial charge on any atom is -0.490 e. The van der Waals surface area contributed by atoms with Gasteiger partial charge in [0.15, 0.2) is 16.9 Å². The predicted molar refractivity (Wildman–Crippen MR) is 139 cm³/mol. The molecule has 0 N–H and O–H groups in total. The van der Waals surface area contributed by atoms with E-state index in [0.717, 1.165) is 4.47 Å². The van der Waals surface area contributed by atoms with Gasteiger partial charge in [0.1, 0.15) is 5.58 Å². The summed E-state index contributed by atoms with van der Waals surface area (Å²) < 4.78 is 18.3.